The lowest BCUT2D eigenvalue weighted by Gasteiger charge is -2.17. The summed E-state index contributed by atoms with van der Waals surface area (Å²) in [5.41, 5.74) is 2.99. The Labute approximate surface area is 124 Å². The summed E-state index contributed by atoms with van der Waals surface area (Å²) < 4.78 is 0. The summed E-state index contributed by atoms with van der Waals surface area (Å²) in [6.45, 7) is 2.30. The van der Waals surface area contributed by atoms with E-state index in [4.69, 9.17) is 0 Å². The number of hydrogen-bond donors (Lipinski definition) is 0. The molecule has 2 aromatic carbocycles. The highest BCUT2D eigenvalue weighted by Gasteiger charge is 2.08. The molecule has 0 fully saturated rings. The summed E-state index contributed by atoms with van der Waals surface area (Å²) in [6, 6.07) is 21.8. The molecule has 0 N–H and O–H groups in total. The molecule has 0 amide bonds. The Hall–Kier alpha value is -0.840. The van der Waals surface area contributed by atoms with Gasteiger partial charge in [0, 0.05) is 0 Å². The molecule has 0 saturated heterocycles. The van der Waals surface area contributed by atoms with Gasteiger partial charge in [-0.15, -0.1) is 12.4 Å². The van der Waals surface area contributed by atoms with Gasteiger partial charge in [-0.2, -0.15) is 0 Å². The van der Waals surface area contributed by atoms with E-state index in [0.717, 1.165) is 0 Å². The minimum atomic E-state index is 0. The molecule has 0 aromatic heterocycles. The van der Waals surface area contributed by atoms with E-state index in [2.05, 4.69) is 67.6 Å². The third kappa shape index (κ3) is 5.76. The molecule has 0 aliphatic carbocycles. The summed E-state index contributed by atoms with van der Waals surface area (Å²) in [5, 5.41) is 0. The molecule has 0 unspecified atom stereocenters. The molecule has 0 aliphatic rings. The van der Waals surface area contributed by atoms with Gasteiger partial charge in [0.15, 0.2) is 0 Å². The van der Waals surface area contributed by atoms with Gasteiger partial charge in [0.05, 0.1) is 0 Å². The Morgan fingerprint density at radius 3 is 1.53 bits per heavy atom. The molecule has 0 radical (unpaired) electrons. The zero-order valence-electron chi connectivity index (χ0n) is 11.5. The maximum Gasteiger partial charge on any atom is -0.00701 e. The second kappa shape index (κ2) is 9.13. The molecule has 0 heterocycles. The van der Waals surface area contributed by atoms with E-state index in [1.54, 1.807) is 0 Å². The predicted octanol–water partition coefficient (Wildman–Crippen LogP) is 5.70. The van der Waals surface area contributed by atoms with Crippen LogP contribution in [0.25, 0.3) is 0 Å². The third-order valence-corrected chi connectivity index (χ3v) is 5.74. The van der Waals surface area contributed by atoms with Crippen molar-refractivity contribution < 1.29 is 0 Å². The van der Waals surface area contributed by atoms with Crippen molar-refractivity contribution in [2.24, 2.45) is 0 Å². The molecular formula is C17H22ClP. The number of halogens is 1. The largest absolute Gasteiger partial charge is 0.147 e. The van der Waals surface area contributed by atoms with Crippen molar-refractivity contribution in [1.29, 1.82) is 0 Å². The molecule has 0 aliphatic heterocycles. The Morgan fingerprint density at radius 1 is 0.737 bits per heavy atom. The molecule has 0 atom stereocenters. The van der Waals surface area contributed by atoms with E-state index >= 15 is 0 Å². The fraction of sp³-hybridized carbons (Fsp3) is 0.294. The average Bonchev–Trinajstić information content (AvgIpc) is 2.41. The van der Waals surface area contributed by atoms with Gasteiger partial charge in [0.25, 0.3) is 0 Å². The van der Waals surface area contributed by atoms with E-state index in [1.807, 2.05) is 0 Å². The zero-order chi connectivity index (χ0) is 12.6. The Balaban J connectivity index is 0.00000180. The van der Waals surface area contributed by atoms with Crippen LogP contribution in [0, 0.1) is 0 Å². The molecular weight excluding hydrogens is 271 g/mol. The van der Waals surface area contributed by atoms with Crippen molar-refractivity contribution in [1.82, 2.24) is 0 Å². The number of hydrogen-bond acceptors (Lipinski definition) is 0. The van der Waals surface area contributed by atoms with Crippen LogP contribution in [0.5, 0.6) is 0 Å². The van der Waals surface area contributed by atoms with Gasteiger partial charge in [-0.1, -0.05) is 81.9 Å². The SMILES string of the molecule is CCCP(Cc1ccccc1)Cc1ccccc1.Cl. The van der Waals surface area contributed by atoms with Crippen LogP contribution in [0.4, 0.5) is 0 Å². The molecule has 0 saturated carbocycles. The van der Waals surface area contributed by atoms with E-state index in [1.165, 1.54) is 36.0 Å². The summed E-state index contributed by atoms with van der Waals surface area (Å²) >= 11 is 0. The molecule has 0 nitrogen and oxygen atoms in total. The molecule has 0 spiro atoms. The average molecular weight is 293 g/mol. The van der Waals surface area contributed by atoms with Gasteiger partial charge in [0.1, 0.15) is 0 Å². The lowest BCUT2D eigenvalue weighted by Crippen LogP contribution is -1.92. The maximum absolute atomic E-state index is 2.30. The lowest BCUT2D eigenvalue weighted by molar-refractivity contribution is 1.08. The van der Waals surface area contributed by atoms with Gasteiger partial charge in [0.2, 0.25) is 0 Å². The van der Waals surface area contributed by atoms with Gasteiger partial charge in [-0.25, -0.2) is 0 Å². The van der Waals surface area contributed by atoms with Crippen molar-refractivity contribution in [3.63, 3.8) is 0 Å². The van der Waals surface area contributed by atoms with E-state index in [0.29, 0.717) is 0 Å². The number of benzene rings is 2. The van der Waals surface area contributed by atoms with Gasteiger partial charge < -0.3 is 0 Å². The summed E-state index contributed by atoms with van der Waals surface area (Å²) in [4.78, 5) is 0. The summed E-state index contributed by atoms with van der Waals surface area (Å²) in [7, 11) is 0.0867. The van der Waals surface area contributed by atoms with Crippen LogP contribution in [0.3, 0.4) is 0 Å². The van der Waals surface area contributed by atoms with E-state index in [-0.39, 0.29) is 20.3 Å². The first-order chi connectivity index (χ1) is 8.88. The Kier molecular flexibility index (Phi) is 7.79. The number of rotatable bonds is 6. The molecule has 19 heavy (non-hydrogen) atoms. The van der Waals surface area contributed by atoms with Crippen LogP contribution in [0.2, 0.25) is 0 Å². The van der Waals surface area contributed by atoms with Crippen LogP contribution in [0.1, 0.15) is 24.5 Å². The van der Waals surface area contributed by atoms with Crippen LogP contribution in [0.15, 0.2) is 60.7 Å². The smallest absolute Gasteiger partial charge is 0.00701 e. The molecule has 0 bridgehead atoms. The quantitative estimate of drug-likeness (QED) is 0.599. The van der Waals surface area contributed by atoms with Crippen molar-refractivity contribution in [3.8, 4) is 0 Å². The van der Waals surface area contributed by atoms with Crippen molar-refractivity contribution in [2.45, 2.75) is 25.7 Å². The first-order valence-electron chi connectivity index (χ1n) is 6.68. The van der Waals surface area contributed by atoms with Gasteiger partial charge in [-0.05, 0) is 29.6 Å². The van der Waals surface area contributed by atoms with Gasteiger partial charge in [-0.3, -0.25) is 0 Å². The normalized spacial score (nSPS) is 10.2. The second-order valence-electron chi connectivity index (χ2n) is 4.68. The third-order valence-electron chi connectivity index (χ3n) is 3.04. The minimum absolute atomic E-state index is 0. The highest BCUT2D eigenvalue weighted by Crippen LogP contribution is 2.43. The maximum atomic E-state index is 2.30. The molecule has 2 rings (SSSR count). The first-order valence-corrected chi connectivity index (χ1v) is 8.58. The van der Waals surface area contributed by atoms with Crippen molar-refractivity contribution in [3.05, 3.63) is 71.8 Å². The van der Waals surface area contributed by atoms with Crippen LogP contribution < -0.4 is 0 Å². The minimum Gasteiger partial charge on any atom is -0.147 e. The highest BCUT2D eigenvalue weighted by molar-refractivity contribution is 7.56. The van der Waals surface area contributed by atoms with Crippen molar-refractivity contribution >= 4 is 20.3 Å². The van der Waals surface area contributed by atoms with Crippen LogP contribution >= 0.6 is 20.3 Å². The molecule has 2 aromatic rings. The standard InChI is InChI=1S/C17H21P.ClH/c1-2-13-18(14-16-9-5-3-6-10-16)15-17-11-7-4-8-12-17;/h3-12H,2,13-15H2,1H3;1H. The highest BCUT2D eigenvalue weighted by atomic mass is 35.5. The Bertz CT molecular complexity index is 400. The topological polar surface area (TPSA) is 0 Å². The van der Waals surface area contributed by atoms with Crippen LogP contribution in [-0.4, -0.2) is 6.16 Å². The van der Waals surface area contributed by atoms with Gasteiger partial charge >= 0.3 is 0 Å². The monoisotopic (exact) mass is 292 g/mol. The summed E-state index contributed by atoms with van der Waals surface area (Å²) in [6.07, 6.45) is 5.20. The lowest BCUT2D eigenvalue weighted by atomic mass is 10.2. The predicted molar refractivity (Wildman–Crippen MR) is 89.6 cm³/mol. The Morgan fingerprint density at radius 2 is 1.16 bits per heavy atom. The van der Waals surface area contributed by atoms with Crippen LogP contribution in [-0.2, 0) is 12.3 Å². The molecule has 102 valence electrons. The zero-order valence-corrected chi connectivity index (χ0v) is 13.2. The summed E-state index contributed by atoms with van der Waals surface area (Å²) in [5.74, 6) is 0. The fourth-order valence-corrected chi connectivity index (χ4v) is 4.73. The fourth-order valence-electron chi connectivity index (χ4n) is 2.21. The first kappa shape index (κ1) is 16.2. The van der Waals surface area contributed by atoms with Crippen molar-refractivity contribution in [2.75, 3.05) is 6.16 Å². The van der Waals surface area contributed by atoms with E-state index in [9.17, 15) is 0 Å². The second-order valence-corrected chi connectivity index (χ2v) is 7.10. The van der Waals surface area contributed by atoms with E-state index < -0.39 is 0 Å². The molecule has 2 heteroatoms.